The fraction of sp³-hybridized carbons (Fsp3) is 0.615. The summed E-state index contributed by atoms with van der Waals surface area (Å²) in [5.74, 6) is 2.00. The average molecular weight is 218 g/mol. The Morgan fingerprint density at radius 2 is 2.25 bits per heavy atom. The van der Waals surface area contributed by atoms with Crippen LogP contribution in [-0.2, 0) is 6.42 Å². The molecule has 86 valence electrons. The number of aryl methyl sites for hydroxylation is 1. The van der Waals surface area contributed by atoms with Gasteiger partial charge < -0.3 is 9.32 Å². The molecule has 0 spiro atoms. The van der Waals surface area contributed by atoms with Gasteiger partial charge in [0.1, 0.15) is 11.5 Å². The SMILES string of the molecule is Cc1ccc(CCN(C)CC2(C#N)CC2)o1. The lowest BCUT2D eigenvalue weighted by atomic mass is 10.1. The van der Waals surface area contributed by atoms with Crippen LogP contribution >= 0.6 is 0 Å². The van der Waals surface area contributed by atoms with E-state index in [1.54, 1.807) is 0 Å². The third-order valence-corrected chi connectivity index (χ3v) is 3.20. The third-order valence-electron chi connectivity index (χ3n) is 3.20. The Morgan fingerprint density at radius 1 is 1.50 bits per heavy atom. The monoisotopic (exact) mass is 218 g/mol. The molecule has 16 heavy (non-hydrogen) atoms. The van der Waals surface area contributed by atoms with Crippen LogP contribution in [0.1, 0.15) is 24.4 Å². The standard InChI is InChI=1S/C13H18N2O/c1-11-3-4-12(16-11)5-8-15(2)10-13(9-14)6-7-13/h3-4H,5-8,10H2,1-2H3. The molecule has 0 atom stereocenters. The molecule has 0 aromatic carbocycles. The normalized spacial score (nSPS) is 17.4. The molecule has 0 aliphatic heterocycles. The van der Waals surface area contributed by atoms with Gasteiger partial charge in [-0.25, -0.2) is 0 Å². The fourth-order valence-electron chi connectivity index (χ4n) is 1.97. The Kier molecular flexibility index (Phi) is 3.02. The van der Waals surface area contributed by atoms with Gasteiger partial charge in [-0.15, -0.1) is 0 Å². The molecular formula is C13H18N2O. The second kappa shape index (κ2) is 4.31. The van der Waals surface area contributed by atoms with Crippen molar-refractivity contribution in [2.24, 2.45) is 5.41 Å². The molecule has 1 aromatic heterocycles. The molecule has 0 saturated heterocycles. The van der Waals surface area contributed by atoms with E-state index in [-0.39, 0.29) is 5.41 Å². The van der Waals surface area contributed by atoms with E-state index in [0.29, 0.717) is 0 Å². The van der Waals surface area contributed by atoms with E-state index in [2.05, 4.69) is 18.0 Å². The molecular weight excluding hydrogens is 200 g/mol. The molecule has 2 rings (SSSR count). The van der Waals surface area contributed by atoms with Gasteiger partial charge in [-0.05, 0) is 38.9 Å². The number of hydrogen-bond donors (Lipinski definition) is 0. The van der Waals surface area contributed by atoms with Crippen LogP contribution in [0.15, 0.2) is 16.5 Å². The van der Waals surface area contributed by atoms with Crippen molar-refractivity contribution >= 4 is 0 Å². The van der Waals surface area contributed by atoms with Crippen LogP contribution in [0.2, 0.25) is 0 Å². The van der Waals surface area contributed by atoms with E-state index in [1.165, 1.54) is 0 Å². The number of nitriles is 1. The van der Waals surface area contributed by atoms with Crippen molar-refractivity contribution < 1.29 is 4.42 Å². The molecule has 1 aromatic rings. The molecule has 3 nitrogen and oxygen atoms in total. The molecule has 0 amide bonds. The van der Waals surface area contributed by atoms with Gasteiger partial charge in [0.25, 0.3) is 0 Å². The van der Waals surface area contributed by atoms with Crippen molar-refractivity contribution in [3.05, 3.63) is 23.7 Å². The first kappa shape index (κ1) is 11.2. The van der Waals surface area contributed by atoms with Crippen molar-refractivity contribution in [3.63, 3.8) is 0 Å². The highest BCUT2D eigenvalue weighted by Crippen LogP contribution is 2.45. The molecule has 1 aliphatic rings. The zero-order valence-corrected chi connectivity index (χ0v) is 9.99. The van der Waals surface area contributed by atoms with Crippen LogP contribution in [0.25, 0.3) is 0 Å². The molecule has 3 heteroatoms. The van der Waals surface area contributed by atoms with E-state index >= 15 is 0 Å². The summed E-state index contributed by atoms with van der Waals surface area (Å²) in [6.07, 6.45) is 3.05. The lowest BCUT2D eigenvalue weighted by molar-refractivity contribution is 0.289. The highest BCUT2D eigenvalue weighted by Gasteiger charge is 2.43. The summed E-state index contributed by atoms with van der Waals surface area (Å²) < 4.78 is 5.51. The zero-order chi connectivity index (χ0) is 11.6. The summed E-state index contributed by atoms with van der Waals surface area (Å²) in [6, 6.07) is 6.44. The van der Waals surface area contributed by atoms with Crippen LogP contribution in [0, 0.1) is 23.7 Å². The largest absolute Gasteiger partial charge is 0.466 e. The average Bonchev–Trinajstić information content (AvgIpc) is 2.91. The first-order valence-electron chi connectivity index (χ1n) is 5.79. The van der Waals surface area contributed by atoms with Crippen LogP contribution in [-0.4, -0.2) is 25.0 Å². The number of rotatable bonds is 5. The topological polar surface area (TPSA) is 40.2 Å². The van der Waals surface area contributed by atoms with Crippen LogP contribution < -0.4 is 0 Å². The van der Waals surface area contributed by atoms with Gasteiger partial charge in [-0.1, -0.05) is 0 Å². The van der Waals surface area contributed by atoms with Gasteiger partial charge >= 0.3 is 0 Å². The highest BCUT2D eigenvalue weighted by molar-refractivity contribution is 5.11. The van der Waals surface area contributed by atoms with Crippen molar-refractivity contribution in [2.75, 3.05) is 20.1 Å². The molecule has 1 aliphatic carbocycles. The van der Waals surface area contributed by atoms with E-state index in [0.717, 1.165) is 43.9 Å². The second-order valence-electron chi connectivity index (χ2n) is 4.89. The lowest BCUT2D eigenvalue weighted by Gasteiger charge is -2.18. The van der Waals surface area contributed by atoms with Gasteiger partial charge in [0.15, 0.2) is 0 Å². The molecule has 0 unspecified atom stereocenters. The Balaban J connectivity index is 1.76. The summed E-state index contributed by atoms with van der Waals surface area (Å²) in [7, 11) is 2.08. The fourth-order valence-corrected chi connectivity index (χ4v) is 1.97. The molecule has 0 bridgehead atoms. The highest BCUT2D eigenvalue weighted by atomic mass is 16.3. The maximum absolute atomic E-state index is 9.00. The van der Waals surface area contributed by atoms with E-state index in [4.69, 9.17) is 9.68 Å². The number of furan rings is 1. The van der Waals surface area contributed by atoms with Gasteiger partial charge in [-0.3, -0.25) is 0 Å². The molecule has 1 fully saturated rings. The van der Waals surface area contributed by atoms with Crippen LogP contribution in [0.3, 0.4) is 0 Å². The second-order valence-corrected chi connectivity index (χ2v) is 4.89. The number of likely N-dealkylation sites (N-methyl/N-ethyl adjacent to an activating group) is 1. The summed E-state index contributed by atoms with van der Waals surface area (Å²) in [4.78, 5) is 2.23. The maximum Gasteiger partial charge on any atom is 0.105 e. The Morgan fingerprint density at radius 3 is 2.75 bits per heavy atom. The summed E-state index contributed by atoms with van der Waals surface area (Å²) >= 11 is 0. The molecule has 0 N–H and O–H groups in total. The van der Waals surface area contributed by atoms with Crippen LogP contribution in [0.5, 0.6) is 0 Å². The third kappa shape index (κ3) is 2.65. The van der Waals surface area contributed by atoms with Crippen LogP contribution in [0.4, 0.5) is 0 Å². The van der Waals surface area contributed by atoms with E-state index in [1.807, 2.05) is 19.1 Å². The molecule has 0 radical (unpaired) electrons. The number of nitrogens with zero attached hydrogens (tertiary/aromatic N) is 2. The molecule has 1 heterocycles. The minimum Gasteiger partial charge on any atom is -0.466 e. The summed E-state index contributed by atoms with van der Waals surface area (Å²) in [5, 5.41) is 9.00. The summed E-state index contributed by atoms with van der Waals surface area (Å²) in [6.45, 7) is 3.81. The Labute approximate surface area is 96.7 Å². The van der Waals surface area contributed by atoms with Gasteiger partial charge in [0, 0.05) is 19.5 Å². The first-order valence-corrected chi connectivity index (χ1v) is 5.79. The Bertz CT molecular complexity index is 398. The predicted molar refractivity (Wildman–Crippen MR) is 61.9 cm³/mol. The minimum absolute atomic E-state index is 0.0339. The van der Waals surface area contributed by atoms with Crippen molar-refractivity contribution in [1.82, 2.24) is 4.90 Å². The zero-order valence-electron chi connectivity index (χ0n) is 9.99. The quantitative estimate of drug-likeness (QED) is 0.761. The Hall–Kier alpha value is -1.27. The molecule has 1 saturated carbocycles. The van der Waals surface area contributed by atoms with Gasteiger partial charge in [0.05, 0.1) is 11.5 Å². The first-order chi connectivity index (χ1) is 7.63. The van der Waals surface area contributed by atoms with Crippen molar-refractivity contribution in [1.29, 1.82) is 5.26 Å². The van der Waals surface area contributed by atoms with Gasteiger partial charge in [-0.2, -0.15) is 5.26 Å². The van der Waals surface area contributed by atoms with Gasteiger partial charge in [0.2, 0.25) is 0 Å². The van der Waals surface area contributed by atoms with E-state index < -0.39 is 0 Å². The lowest BCUT2D eigenvalue weighted by Crippen LogP contribution is -2.28. The maximum atomic E-state index is 9.00. The van der Waals surface area contributed by atoms with Crippen molar-refractivity contribution in [2.45, 2.75) is 26.2 Å². The smallest absolute Gasteiger partial charge is 0.105 e. The number of hydrogen-bond acceptors (Lipinski definition) is 3. The summed E-state index contributed by atoms with van der Waals surface area (Å²) in [5.41, 5.74) is -0.0339. The van der Waals surface area contributed by atoms with E-state index in [9.17, 15) is 0 Å². The van der Waals surface area contributed by atoms with Crippen molar-refractivity contribution in [3.8, 4) is 6.07 Å². The predicted octanol–water partition coefficient (Wildman–Crippen LogP) is 2.37. The minimum atomic E-state index is -0.0339.